The van der Waals surface area contributed by atoms with Gasteiger partial charge in [-0.25, -0.2) is 0 Å². The molecule has 2 heteroatoms. The zero-order valence-corrected chi connectivity index (χ0v) is 7.54. The van der Waals surface area contributed by atoms with Gasteiger partial charge < -0.3 is 9.47 Å². The van der Waals surface area contributed by atoms with Crippen LogP contribution in [0.5, 0.6) is 0 Å². The number of hydrogen-bond donors (Lipinski definition) is 0. The third-order valence-corrected chi connectivity index (χ3v) is 4.31. The van der Waals surface area contributed by atoms with E-state index in [2.05, 4.69) is 0 Å². The van der Waals surface area contributed by atoms with Crippen molar-refractivity contribution >= 4 is 0 Å². The van der Waals surface area contributed by atoms with E-state index in [0.29, 0.717) is 12.2 Å². The summed E-state index contributed by atoms with van der Waals surface area (Å²) >= 11 is 0. The molecule has 12 heavy (non-hydrogen) atoms. The summed E-state index contributed by atoms with van der Waals surface area (Å²) in [5, 5.41) is 0. The number of rotatable bonds is 0. The summed E-state index contributed by atoms with van der Waals surface area (Å²) in [5.74, 6) is 1.44. The Kier molecular flexibility index (Phi) is 0.734. The average Bonchev–Trinajstić information content (AvgIpc) is 2.80. The van der Waals surface area contributed by atoms with Crippen LogP contribution in [0.25, 0.3) is 0 Å². The second-order valence-corrected chi connectivity index (χ2v) is 5.42. The van der Waals surface area contributed by atoms with Gasteiger partial charge in [0.25, 0.3) is 0 Å². The van der Waals surface area contributed by atoms with Gasteiger partial charge in [-0.2, -0.15) is 0 Å². The molecule has 1 aliphatic heterocycles. The topological polar surface area (TPSA) is 18.5 Å². The molecule has 0 amide bonds. The molecule has 1 unspecified atom stereocenters. The fourth-order valence-corrected chi connectivity index (χ4v) is 3.69. The van der Waals surface area contributed by atoms with Crippen LogP contribution >= 0.6 is 0 Å². The molecule has 1 spiro atoms. The zero-order valence-electron chi connectivity index (χ0n) is 7.54. The van der Waals surface area contributed by atoms with E-state index in [1.807, 2.05) is 13.8 Å². The Labute approximate surface area is 72.2 Å². The van der Waals surface area contributed by atoms with Gasteiger partial charge in [0.05, 0.1) is 12.2 Å². The highest BCUT2D eigenvalue weighted by Gasteiger charge is 2.83. The van der Waals surface area contributed by atoms with E-state index in [4.69, 9.17) is 9.47 Å². The predicted octanol–water partition coefficient (Wildman–Crippen LogP) is 1.55. The second kappa shape index (κ2) is 1.38. The first-order valence-corrected chi connectivity index (χ1v) is 4.98. The third-order valence-electron chi connectivity index (χ3n) is 4.31. The highest BCUT2D eigenvalue weighted by Crippen LogP contribution is 2.83. The maximum Gasteiger partial charge on any atom is 0.163 e. The minimum absolute atomic E-state index is 0.299. The van der Waals surface area contributed by atoms with Gasteiger partial charge in [-0.05, 0) is 43.9 Å². The van der Waals surface area contributed by atoms with E-state index in [0.717, 1.165) is 17.3 Å². The van der Waals surface area contributed by atoms with Gasteiger partial charge in [-0.1, -0.05) is 0 Å². The lowest BCUT2D eigenvalue weighted by molar-refractivity contribution is -0.152. The monoisotopic (exact) mass is 166 g/mol. The Morgan fingerprint density at radius 2 is 1.50 bits per heavy atom. The summed E-state index contributed by atoms with van der Waals surface area (Å²) in [6.07, 6.45) is 3.77. The van der Waals surface area contributed by atoms with E-state index in [1.54, 1.807) is 0 Å². The Bertz CT molecular complexity index is 245. The molecule has 0 aromatic heterocycles. The number of ether oxygens (including phenoxy) is 2. The molecule has 4 aliphatic rings. The summed E-state index contributed by atoms with van der Waals surface area (Å²) in [7, 11) is 0. The highest BCUT2D eigenvalue weighted by atomic mass is 16.8. The van der Waals surface area contributed by atoms with Gasteiger partial charge in [0.1, 0.15) is 0 Å². The van der Waals surface area contributed by atoms with Crippen molar-refractivity contribution in [3.05, 3.63) is 0 Å². The van der Waals surface area contributed by atoms with Gasteiger partial charge in [0.2, 0.25) is 0 Å². The Hall–Kier alpha value is -0.0800. The summed E-state index contributed by atoms with van der Waals surface area (Å²) in [5.41, 5.74) is 0.742. The van der Waals surface area contributed by atoms with Crippen molar-refractivity contribution in [1.82, 2.24) is 0 Å². The van der Waals surface area contributed by atoms with Crippen LogP contribution < -0.4 is 0 Å². The Morgan fingerprint density at radius 1 is 1.00 bits per heavy atom. The first kappa shape index (κ1) is 6.39. The van der Waals surface area contributed by atoms with E-state index < -0.39 is 0 Å². The third kappa shape index (κ3) is 0.495. The van der Waals surface area contributed by atoms with Gasteiger partial charge >= 0.3 is 0 Å². The Balaban J connectivity index is 1.72. The highest BCUT2D eigenvalue weighted by molar-refractivity contribution is 5.31. The summed E-state index contributed by atoms with van der Waals surface area (Å²) in [4.78, 5) is 0. The van der Waals surface area contributed by atoms with Crippen LogP contribution in [-0.2, 0) is 9.47 Å². The van der Waals surface area contributed by atoms with Crippen LogP contribution in [0.4, 0.5) is 0 Å². The molecule has 66 valence electrons. The van der Waals surface area contributed by atoms with Crippen molar-refractivity contribution in [1.29, 1.82) is 0 Å². The molecule has 3 aliphatic carbocycles. The molecule has 0 bridgehead atoms. The van der Waals surface area contributed by atoms with Crippen LogP contribution in [-0.4, -0.2) is 18.0 Å². The van der Waals surface area contributed by atoms with E-state index in [-0.39, 0.29) is 5.79 Å². The van der Waals surface area contributed by atoms with Crippen molar-refractivity contribution < 1.29 is 9.47 Å². The van der Waals surface area contributed by atoms with Crippen LogP contribution in [0.2, 0.25) is 0 Å². The molecule has 1 heterocycles. The average molecular weight is 166 g/mol. The molecule has 0 aromatic rings. The molecule has 1 saturated heterocycles. The first-order chi connectivity index (χ1) is 5.62. The molecule has 0 radical (unpaired) electrons. The van der Waals surface area contributed by atoms with Crippen LogP contribution in [0, 0.1) is 17.3 Å². The summed E-state index contributed by atoms with van der Waals surface area (Å²) in [6.45, 7) is 4.08. The fraction of sp³-hybridized carbons (Fsp3) is 1.00. The standard InChI is InChI=1S/C10H14O2/c1-9(2)11-7-5-3-10(5)4-6(10)8(7)12-9/h5-8H,3-4H2,1-2H3/t5-,6-,7-,8+,10?/m1/s1. The fourth-order valence-electron chi connectivity index (χ4n) is 3.69. The summed E-state index contributed by atoms with van der Waals surface area (Å²) in [6, 6.07) is 0. The maximum atomic E-state index is 5.90. The predicted molar refractivity (Wildman–Crippen MR) is 42.5 cm³/mol. The molecular formula is C10H14O2. The number of hydrogen-bond acceptors (Lipinski definition) is 2. The normalized spacial score (nSPS) is 68.5. The van der Waals surface area contributed by atoms with Crippen molar-refractivity contribution in [2.75, 3.05) is 0 Å². The molecule has 2 nitrogen and oxygen atoms in total. The minimum Gasteiger partial charge on any atom is -0.344 e. The minimum atomic E-state index is -0.299. The van der Waals surface area contributed by atoms with E-state index in [1.165, 1.54) is 12.8 Å². The molecule has 3 saturated carbocycles. The number of fused-ring (bicyclic) bond motifs is 3. The van der Waals surface area contributed by atoms with Crippen molar-refractivity contribution in [3.63, 3.8) is 0 Å². The lowest BCUT2D eigenvalue weighted by atomic mass is 10.1. The first-order valence-electron chi connectivity index (χ1n) is 4.98. The van der Waals surface area contributed by atoms with Crippen molar-refractivity contribution in [2.45, 2.75) is 44.7 Å². The van der Waals surface area contributed by atoms with Crippen LogP contribution in [0.3, 0.4) is 0 Å². The van der Waals surface area contributed by atoms with Crippen molar-refractivity contribution in [3.8, 4) is 0 Å². The molecule has 4 fully saturated rings. The van der Waals surface area contributed by atoms with Gasteiger partial charge in [0.15, 0.2) is 5.79 Å². The lowest BCUT2D eigenvalue weighted by Crippen LogP contribution is -2.22. The quantitative estimate of drug-likeness (QED) is 0.543. The second-order valence-electron chi connectivity index (χ2n) is 5.42. The van der Waals surface area contributed by atoms with Crippen LogP contribution in [0.1, 0.15) is 26.7 Å². The molecule has 5 atom stereocenters. The van der Waals surface area contributed by atoms with Gasteiger partial charge in [-0.15, -0.1) is 0 Å². The molecular weight excluding hydrogens is 152 g/mol. The zero-order chi connectivity index (χ0) is 8.14. The smallest absolute Gasteiger partial charge is 0.163 e. The van der Waals surface area contributed by atoms with Gasteiger partial charge in [0, 0.05) is 0 Å². The van der Waals surface area contributed by atoms with Crippen molar-refractivity contribution in [2.24, 2.45) is 17.3 Å². The van der Waals surface area contributed by atoms with Gasteiger partial charge in [-0.3, -0.25) is 0 Å². The molecule has 0 aromatic carbocycles. The SMILES string of the molecule is CC1(C)O[C@@H]2[C@H](O1)[C@H]1CC13C[C@H]23. The lowest BCUT2D eigenvalue weighted by Gasteiger charge is -2.17. The Morgan fingerprint density at radius 3 is 2.00 bits per heavy atom. The maximum absolute atomic E-state index is 5.90. The molecule has 0 N–H and O–H groups in total. The van der Waals surface area contributed by atoms with E-state index in [9.17, 15) is 0 Å². The van der Waals surface area contributed by atoms with Crippen LogP contribution in [0.15, 0.2) is 0 Å². The summed E-state index contributed by atoms with van der Waals surface area (Å²) < 4.78 is 11.8. The van der Waals surface area contributed by atoms with E-state index >= 15 is 0 Å². The molecule has 4 rings (SSSR count). The largest absolute Gasteiger partial charge is 0.344 e.